The second kappa shape index (κ2) is 8.12. The van der Waals surface area contributed by atoms with Gasteiger partial charge in [0.1, 0.15) is 0 Å². The number of imidazole rings is 1. The maximum absolute atomic E-state index is 12.1. The van der Waals surface area contributed by atoms with E-state index in [0.29, 0.717) is 6.54 Å². The number of aromatic nitrogens is 2. The number of aryl methyl sites for hydroxylation is 1. The smallest absolute Gasteiger partial charge is 0.234 e. The Morgan fingerprint density at radius 3 is 2.15 bits per heavy atom. The van der Waals surface area contributed by atoms with Crippen molar-refractivity contribution in [2.24, 2.45) is 0 Å². The van der Waals surface area contributed by atoms with E-state index in [9.17, 15) is 4.79 Å². The summed E-state index contributed by atoms with van der Waals surface area (Å²) in [4.78, 5) is 16.8. The summed E-state index contributed by atoms with van der Waals surface area (Å²) in [5.41, 5.74) is 2.21. The molecule has 27 heavy (non-hydrogen) atoms. The number of benzene rings is 1. The molecule has 1 aromatic heterocycles. The van der Waals surface area contributed by atoms with E-state index in [2.05, 4.69) is 55.4 Å². The van der Waals surface area contributed by atoms with Gasteiger partial charge in [-0.3, -0.25) is 14.6 Å². The Balaban J connectivity index is 1.62. The van der Waals surface area contributed by atoms with Crippen LogP contribution in [0.2, 0.25) is 0 Å². The molecule has 3 rings (SSSR count). The zero-order valence-electron chi connectivity index (χ0n) is 16.9. The van der Waals surface area contributed by atoms with Gasteiger partial charge in [0.05, 0.1) is 24.2 Å². The summed E-state index contributed by atoms with van der Waals surface area (Å²) in [5.74, 6) is 0.101. The van der Waals surface area contributed by atoms with Crippen LogP contribution < -0.4 is 5.32 Å². The average molecular weight is 390 g/mol. The molecule has 0 saturated carbocycles. The van der Waals surface area contributed by atoms with Crippen molar-refractivity contribution >= 4 is 29.2 Å². The van der Waals surface area contributed by atoms with Crippen LogP contribution in [0.15, 0.2) is 24.3 Å². The van der Waals surface area contributed by atoms with Gasteiger partial charge in [0.15, 0.2) is 4.77 Å². The minimum absolute atomic E-state index is 0.101. The molecule has 0 radical (unpaired) electrons. The minimum Gasteiger partial charge on any atom is -0.350 e. The predicted octanol–water partition coefficient (Wildman–Crippen LogP) is 2.68. The normalized spacial score (nSPS) is 16.7. The van der Waals surface area contributed by atoms with E-state index < -0.39 is 0 Å². The molecule has 1 aliphatic rings. The second-order valence-corrected chi connectivity index (χ2v) is 8.64. The lowest BCUT2D eigenvalue weighted by atomic mass is 10.1. The standard InChI is InChI=1S/C20H31N5OS/c1-5-24-16-8-6-7-9-17(16)25(19(24)27)15-23-12-10-22(11-13-23)14-18(26)21-20(2,3)4/h6-9H,5,10-15H2,1-4H3,(H,21,26). The molecule has 1 saturated heterocycles. The van der Waals surface area contributed by atoms with Crippen molar-refractivity contribution in [1.29, 1.82) is 0 Å². The van der Waals surface area contributed by atoms with Crippen molar-refractivity contribution in [2.45, 2.75) is 46.4 Å². The van der Waals surface area contributed by atoms with Gasteiger partial charge in [0.25, 0.3) is 0 Å². The van der Waals surface area contributed by atoms with E-state index in [1.54, 1.807) is 0 Å². The first kappa shape index (κ1) is 20.0. The van der Waals surface area contributed by atoms with Gasteiger partial charge in [-0.05, 0) is 52.0 Å². The fourth-order valence-electron chi connectivity index (χ4n) is 3.66. The number of hydrogen-bond acceptors (Lipinski definition) is 4. The fraction of sp³-hybridized carbons (Fsp3) is 0.600. The number of rotatable bonds is 5. The van der Waals surface area contributed by atoms with Crippen molar-refractivity contribution in [2.75, 3.05) is 32.7 Å². The number of piperazine rings is 1. The van der Waals surface area contributed by atoms with Crippen LogP contribution in [0.5, 0.6) is 0 Å². The van der Waals surface area contributed by atoms with Gasteiger partial charge in [-0.15, -0.1) is 0 Å². The zero-order valence-corrected chi connectivity index (χ0v) is 17.7. The van der Waals surface area contributed by atoms with Gasteiger partial charge in [0.2, 0.25) is 5.91 Å². The van der Waals surface area contributed by atoms with Crippen molar-refractivity contribution in [3.05, 3.63) is 29.0 Å². The molecule has 1 amide bonds. The molecule has 2 aromatic rings. The van der Waals surface area contributed by atoms with Gasteiger partial charge in [0, 0.05) is 38.3 Å². The summed E-state index contributed by atoms with van der Waals surface area (Å²) in [6.45, 7) is 14.0. The maximum atomic E-state index is 12.1. The summed E-state index contributed by atoms with van der Waals surface area (Å²) in [7, 11) is 0. The molecule has 0 aliphatic carbocycles. The molecule has 1 aromatic carbocycles. The highest BCUT2D eigenvalue weighted by atomic mass is 32.1. The molecule has 1 fully saturated rings. The van der Waals surface area contributed by atoms with Crippen molar-refractivity contribution in [3.63, 3.8) is 0 Å². The molecule has 0 bridgehead atoms. The van der Waals surface area contributed by atoms with E-state index in [1.807, 2.05) is 20.8 Å². The van der Waals surface area contributed by atoms with Crippen LogP contribution in [0.25, 0.3) is 11.0 Å². The molecular weight excluding hydrogens is 358 g/mol. The number of nitrogens with zero attached hydrogens (tertiary/aromatic N) is 4. The Bertz CT molecular complexity index is 855. The molecule has 148 valence electrons. The third kappa shape index (κ3) is 4.78. The van der Waals surface area contributed by atoms with Gasteiger partial charge in [-0.1, -0.05) is 12.1 Å². The average Bonchev–Trinajstić information content (AvgIpc) is 2.86. The van der Waals surface area contributed by atoms with Crippen molar-refractivity contribution in [1.82, 2.24) is 24.3 Å². The molecule has 2 heterocycles. The van der Waals surface area contributed by atoms with Crippen LogP contribution in [0, 0.1) is 4.77 Å². The molecule has 6 nitrogen and oxygen atoms in total. The van der Waals surface area contributed by atoms with Gasteiger partial charge < -0.3 is 14.5 Å². The summed E-state index contributed by atoms with van der Waals surface area (Å²) in [6.07, 6.45) is 0. The zero-order chi connectivity index (χ0) is 19.6. The number of nitrogens with one attached hydrogen (secondary N) is 1. The largest absolute Gasteiger partial charge is 0.350 e. The summed E-state index contributed by atoms with van der Waals surface area (Å²) >= 11 is 5.73. The Labute approximate surface area is 166 Å². The number of para-hydroxylation sites is 2. The minimum atomic E-state index is -0.178. The first-order chi connectivity index (χ1) is 12.8. The van der Waals surface area contributed by atoms with E-state index in [4.69, 9.17) is 12.2 Å². The molecule has 0 atom stereocenters. The molecular formula is C20H31N5OS. The monoisotopic (exact) mass is 389 g/mol. The SMILES string of the molecule is CCn1c(=S)n(CN2CCN(CC(=O)NC(C)(C)C)CC2)c2ccccc21. The van der Waals surface area contributed by atoms with Gasteiger partial charge >= 0.3 is 0 Å². The van der Waals surface area contributed by atoms with Crippen LogP contribution >= 0.6 is 12.2 Å². The lowest BCUT2D eigenvalue weighted by molar-refractivity contribution is -0.124. The summed E-state index contributed by atoms with van der Waals surface area (Å²) < 4.78 is 5.30. The Hall–Kier alpha value is -1.70. The van der Waals surface area contributed by atoms with Crippen LogP contribution in [-0.4, -0.2) is 63.1 Å². The number of hydrogen-bond donors (Lipinski definition) is 1. The predicted molar refractivity (Wildman–Crippen MR) is 112 cm³/mol. The Kier molecular flexibility index (Phi) is 6.03. The lowest BCUT2D eigenvalue weighted by Crippen LogP contribution is -2.51. The van der Waals surface area contributed by atoms with Gasteiger partial charge in [-0.2, -0.15) is 0 Å². The van der Waals surface area contributed by atoms with Gasteiger partial charge in [-0.25, -0.2) is 0 Å². The Morgan fingerprint density at radius 2 is 1.59 bits per heavy atom. The highest BCUT2D eigenvalue weighted by Crippen LogP contribution is 2.19. The number of amides is 1. The number of carbonyl (C=O) groups excluding carboxylic acids is 1. The van der Waals surface area contributed by atoms with Crippen LogP contribution in [0.4, 0.5) is 0 Å². The lowest BCUT2D eigenvalue weighted by Gasteiger charge is -2.35. The second-order valence-electron chi connectivity index (χ2n) is 8.28. The van der Waals surface area contributed by atoms with E-state index in [-0.39, 0.29) is 11.4 Å². The fourth-order valence-corrected chi connectivity index (χ4v) is 4.05. The molecule has 1 aliphatic heterocycles. The molecule has 1 N–H and O–H groups in total. The van der Waals surface area contributed by atoms with Crippen molar-refractivity contribution < 1.29 is 4.79 Å². The van der Waals surface area contributed by atoms with Crippen LogP contribution in [0.1, 0.15) is 27.7 Å². The molecule has 0 spiro atoms. The third-order valence-electron chi connectivity index (χ3n) is 4.93. The van der Waals surface area contributed by atoms with Crippen LogP contribution in [-0.2, 0) is 18.0 Å². The molecule has 7 heteroatoms. The van der Waals surface area contributed by atoms with Crippen molar-refractivity contribution in [3.8, 4) is 0 Å². The summed E-state index contributed by atoms with van der Waals surface area (Å²) in [6, 6.07) is 8.41. The van der Waals surface area contributed by atoms with E-state index >= 15 is 0 Å². The van der Waals surface area contributed by atoms with E-state index in [1.165, 1.54) is 11.0 Å². The highest BCUT2D eigenvalue weighted by molar-refractivity contribution is 7.71. The third-order valence-corrected chi connectivity index (χ3v) is 5.37. The van der Waals surface area contributed by atoms with E-state index in [0.717, 1.165) is 44.2 Å². The molecule has 0 unspecified atom stereocenters. The topological polar surface area (TPSA) is 45.4 Å². The number of carbonyl (C=O) groups is 1. The first-order valence-electron chi connectivity index (χ1n) is 9.72. The Morgan fingerprint density at radius 1 is 1.04 bits per heavy atom. The summed E-state index contributed by atoms with van der Waals surface area (Å²) in [5, 5.41) is 3.04. The maximum Gasteiger partial charge on any atom is 0.234 e. The first-order valence-corrected chi connectivity index (χ1v) is 10.1. The quantitative estimate of drug-likeness (QED) is 0.799. The number of fused-ring (bicyclic) bond motifs is 1. The highest BCUT2D eigenvalue weighted by Gasteiger charge is 2.22. The van der Waals surface area contributed by atoms with Crippen LogP contribution in [0.3, 0.4) is 0 Å².